The van der Waals surface area contributed by atoms with E-state index in [-0.39, 0.29) is 30.6 Å². The Kier molecular flexibility index (Phi) is 7.27. The Morgan fingerprint density at radius 3 is 2.68 bits per heavy atom. The minimum absolute atomic E-state index is 0.0515. The molecule has 3 N–H and O–H groups in total. The highest BCUT2D eigenvalue weighted by atomic mass is 35.5. The number of aromatic amines is 1. The van der Waals surface area contributed by atoms with E-state index in [2.05, 4.69) is 15.6 Å². The van der Waals surface area contributed by atoms with Crippen LogP contribution >= 0.6 is 11.6 Å². The summed E-state index contributed by atoms with van der Waals surface area (Å²) in [6, 6.07) is 6.98. The van der Waals surface area contributed by atoms with Crippen LogP contribution in [0.3, 0.4) is 0 Å². The molecule has 9 nitrogen and oxygen atoms in total. The van der Waals surface area contributed by atoms with Gasteiger partial charge in [-0.25, -0.2) is 9.59 Å². The second-order valence-corrected chi connectivity index (χ2v) is 8.42. The smallest absolute Gasteiger partial charge is 0.317 e. The normalized spacial score (nSPS) is 16.1. The first-order valence-corrected chi connectivity index (χ1v) is 10.6. The van der Waals surface area contributed by atoms with Gasteiger partial charge in [0.25, 0.3) is 0 Å². The average molecular weight is 449 g/mol. The van der Waals surface area contributed by atoms with Crippen molar-refractivity contribution in [1.29, 1.82) is 0 Å². The highest BCUT2D eigenvalue weighted by Gasteiger charge is 2.28. The zero-order chi connectivity index (χ0) is 22.5. The number of nitrogens with zero attached hydrogens (tertiary/aromatic N) is 3. The van der Waals surface area contributed by atoms with E-state index in [1.54, 1.807) is 30.9 Å². The lowest BCUT2D eigenvalue weighted by Gasteiger charge is -2.37. The summed E-state index contributed by atoms with van der Waals surface area (Å²) < 4.78 is 0. The van der Waals surface area contributed by atoms with Gasteiger partial charge < -0.3 is 30.3 Å². The van der Waals surface area contributed by atoms with Gasteiger partial charge in [0, 0.05) is 55.9 Å². The summed E-state index contributed by atoms with van der Waals surface area (Å²) in [5.41, 5.74) is 1.85. The molecule has 0 saturated carbocycles. The lowest BCUT2D eigenvalue weighted by Crippen LogP contribution is -2.54. The van der Waals surface area contributed by atoms with Crippen molar-refractivity contribution < 1.29 is 14.4 Å². The van der Waals surface area contributed by atoms with Crippen molar-refractivity contribution in [3.63, 3.8) is 0 Å². The second kappa shape index (κ2) is 9.91. The van der Waals surface area contributed by atoms with Crippen molar-refractivity contribution in [2.45, 2.75) is 25.4 Å². The van der Waals surface area contributed by atoms with Crippen molar-refractivity contribution in [1.82, 2.24) is 30.3 Å². The third-order valence-electron chi connectivity index (χ3n) is 5.48. The molecule has 3 rings (SSSR count). The van der Waals surface area contributed by atoms with Gasteiger partial charge in [-0.05, 0) is 37.1 Å². The molecule has 1 saturated heterocycles. The monoisotopic (exact) mass is 448 g/mol. The number of urea groups is 2. The Labute approximate surface area is 186 Å². The number of carbonyl (C=O) groups excluding carboxylic acids is 3. The molecule has 168 valence electrons. The van der Waals surface area contributed by atoms with Crippen molar-refractivity contribution in [2.24, 2.45) is 0 Å². The third kappa shape index (κ3) is 5.81. The van der Waals surface area contributed by atoms with Gasteiger partial charge in [-0.2, -0.15) is 0 Å². The fourth-order valence-corrected chi connectivity index (χ4v) is 3.82. The Morgan fingerprint density at radius 2 is 1.94 bits per heavy atom. The van der Waals surface area contributed by atoms with E-state index in [4.69, 9.17) is 11.6 Å². The largest absolute Gasteiger partial charge is 0.357 e. The zero-order valence-corrected chi connectivity index (χ0v) is 18.8. The van der Waals surface area contributed by atoms with Crippen molar-refractivity contribution >= 4 is 40.5 Å². The summed E-state index contributed by atoms with van der Waals surface area (Å²) >= 11 is 6.03. The fraction of sp³-hybridized carbons (Fsp3) is 0.476. The first-order chi connectivity index (χ1) is 14.7. The van der Waals surface area contributed by atoms with E-state index in [0.717, 1.165) is 29.4 Å². The summed E-state index contributed by atoms with van der Waals surface area (Å²) in [5.74, 6) is -0.148. The molecule has 5 amide bonds. The molecule has 10 heteroatoms. The number of hydrogen-bond donors (Lipinski definition) is 3. The van der Waals surface area contributed by atoms with Gasteiger partial charge in [0.15, 0.2) is 0 Å². The molecule has 0 bridgehead atoms. The maximum absolute atomic E-state index is 12.7. The molecule has 1 aliphatic rings. The Balaban J connectivity index is 1.51. The van der Waals surface area contributed by atoms with Crippen LogP contribution in [-0.2, 0) is 11.3 Å². The van der Waals surface area contributed by atoms with Gasteiger partial charge in [0.1, 0.15) is 0 Å². The SMILES string of the molecule is CN(C)C(=O)NCC(=O)N1CCCC(N(C)C(=O)NCc2cc3cc(Cl)ccc3[nH]2)C1. The number of H-pyrrole nitrogens is 1. The van der Waals surface area contributed by atoms with Gasteiger partial charge in [0.05, 0.1) is 19.1 Å². The quantitative estimate of drug-likeness (QED) is 0.653. The predicted molar refractivity (Wildman–Crippen MR) is 120 cm³/mol. The molecule has 0 spiro atoms. The zero-order valence-electron chi connectivity index (χ0n) is 18.1. The van der Waals surface area contributed by atoms with Gasteiger partial charge in [-0.3, -0.25) is 4.79 Å². The first-order valence-electron chi connectivity index (χ1n) is 10.3. The fourth-order valence-electron chi connectivity index (χ4n) is 3.64. The third-order valence-corrected chi connectivity index (χ3v) is 5.72. The van der Waals surface area contributed by atoms with Crippen molar-refractivity contribution in [2.75, 3.05) is 40.8 Å². The van der Waals surface area contributed by atoms with Crippen LogP contribution in [0.25, 0.3) is 10.9 Å². The van der Waals surface area contributed by atoms with Crippen LogP contribution < -0.4 is 10.6 Å². The molecule has 31 heavy (non-hydrogen) atoms. The summed E-state index contributed by atoms with van der Waals surface area (Å²) in [4.78, 5) is 44.7. The predicted octanol–water partition coefficient (Wildman–Crippen LogP) is 2.22. The maximum atomic E-state index is 12.7. The van der Waals surface area contributed by atoms with Crippen LogP contribution in [0, 0.1) is 0 Å². The first kappa shape index (κ1) is 22.7. The molecule has 1 aromatic heterocycles. The molecule has 2 heterocycles. The number of benzene rings is 1. The number of likely N-dealkylation sites (tertiary alicyclic amines) is 1. The van der Waals surface area contributed by atoms with Crippen LogP contribution in [-0.4, -0.2) is 84.5 Å². The van der Waals surface area contributed by atoms with Crippen molar-refractivity contribution in [3.8, 4) is 0 Å². The molecule has 1 unspecified atom stereocenters. The van der Waals surface area contributed by atoms with Crippen LogP contribution in [0.5, 0.6) is 0 Å². The molecule has 2 aromatic rings. The lowest BCUT2D eigenvalue weighted by molar-refractivity contribution is -0.131. The van der Waals surface area contributed by atoms with Crippen LogP contribution in [0.2, 0.25) is 5.02 Å². The number of piperidine rings is 1. The van der Waals surface area contributed by atoms with Gasteiger partial charge >= 0.3 is 12.1 Å². The molecule has 0 radical (unpaired) electrons. The summed E-state index contributed by atoms with van der Waals surface area (Å²) in [6.07, 6.45) is 1.63. The van der Waals surface area contributed by atoms with Crippen molar-refractivity contribution in [3.05, 3.63) is 35.0 Å². The van der Waals surface area contributed by atoms with E-state index >= 15 is 0 Å². The highest BCUT2D eigenvalue weighted by molar-refractivity contribution is 6.31. The van der Waals surface area contributed by atoms with Gasteiger partial charge in [-0.15, -0.1) is 0 Å². The molecule has 1 aromatic carbocycles. The number of rotatable bonds is 5. The number of likely N-dealkylation sites (N-methyl/N-ethyl adjacent to an activating group) is 1. The van der Waals surface area contributed by atoms with Crippen LogP contribution in [0.15, 0.2) is 24.3 Å². The lowest BCUT2D eigenvalue weighted by atomic mass is 10.0. The van der Waals surface area contributed by atoms with E-state index in [0.29, 0.717) is 24.7 Å². The molecular weight excluding hydrogens is 420 g/mol. The highest BCUT2D eigenvalue weighted by Crippen LogP contribution is 2.20. The number of hydrogen-bond acceptors (Lipinski definition) is 3. The topological polar surface area (TPSA) is 101 Å². The Morgan fingerprint density at radius 1 is 1.16 bits per heavy atom. The van der Waals surface area contributed by atoms with Crippen LogP contribution in [0.4, 0.5) is 9.59 Å². The summed E-state index contributed by atoms with van der Waals surface area (Å²) in [6.45, 7) is 1.39. The number of amides is 5. The number of nitrogens with one attached hydrogen (secondary N) is 3. The summed E-state index contributed by atoms with van der Waals surface area (Å²) in [7, 11) is 4.98. The van der Waals surface area contributed by atoms with E-state index < -0.39 is 0 Å². The van der Waals surface area contributed by atoms with Gasteiger partial charge in [-0.1, -0.05) is 11.6 Å². The minimum atomic E-state index is -0.308. The summed E-state index contributed by atoms with van der Waals surface area (Å²) in [5, 5.41) is 7.17. The standard InChI is InChI=1S/C21H29ClN6O3/c1-26(2)20(30)24-12-19(29)28-8-4-5-17(13-28)27(3)21(31)23-11-16-10-14-9-15(22)6-7-18(14)25-16/h6-7,9-10,17,25H,4-5,8,11-13H2,1-3H3,(H,23,31)(H,24,30). The van der Waals surface area contributed by atoms with E-state index in [1.165, 1.54) is 4.90 Å². The van der Waals surface area contributed by atoms with E-state index in [9.17, 15) is 14.4 Å². The molecule has 1 fully saturated rings. The Hall–Kier alpha value is -2.94. The molecule has 1 aliphatic heterocycles. The number of fused-ring (bicyclic) bond motifs is 1. The minimum Gasteiger partial charge on any atom is -0.357 e. The maximum Gasteiger partial charge on any atom is 0.317 e. The number of carbonyl (C=O) groups is 3. The molecular formula is C21H29ClN6O3. The second-order valence-electron chi connectivity index (χ2n) is 7.98. The average Bonchev–Trinajstić information content (AvgIpc) is 3.16. The molecule has 1 atom stereocenters. The van der Waals surface area contributed by atoms with Crippen LogP contribution in [0.1, 0.15) is 18.5 Å². The number of halogens is 1. The van der Waals surface area contributed by atoms with E-state index in [1.807, 2.05) is 24.3 Å². The number of aromatic nitrogens is 1. The Bertz CT molecular complexity index is 960. The van der Waals surface area contributed by atoms with Gasteiger partial charge in [0.2, 0.25) is 5.91 Å². The molecule has 0 aliphatic carbocycles.